The molecule has 0 atom stereocenters. The Balaban J connectivity index is 1.34. The zero-order valence-electron chi connectivity index (χ0n) is 15.7. The molecule has 0 bridgehead atoms. The van der Waals surface area contributed by atoms with E-state index in [4.69, 9.17) is 0 Å². The van der Waals surface area contributed by atoms with Crippen LogP contribution in [-0.4, -0.2) is 17.4 Å². The first kappa shape index (κ1) is 17.9. The largest absolute Gasteiger partial charge is 0.354 e. The van der Waals surface area contributed by atoms with E-state index in [1.807, 2.05) is 23.7 Å². The lowest BCUT2D eigenvalue weighted by atomic mass is 9.99. The molecule has 1 fully saturated rings. The molecule has 3 aromatic rings. The van der Waals surface area contributed by atoms with E-state index in [9.17, 15) is 0 Å². The van der Waals surface area contributed by atoms with Crippen LogP contribution in [0.25, 0.3) is 5.57 Å². The molecule has 3 aromatic carbocycles. The van der Waals surface area contributed by atoms with E-state index in [-0.39, 0.29) is 0 Å². The summed E-state index contributed by atoms with van der Waals surface area (Å²) in [7, 11) is 0. The summed E-state index contributed by atoms with van der Waals surface area (Å²) < 4.78 is 2.45. The molecule has 5 rings (SSSR count). The van der Waals surface area contributed by atoms with Crippen LogP contribution in [-0.2, 0) is 0 Å². The molecular formula is C24H22N2S2. The Hall–Kier alpha value is -2.14. The Morgan fingerprint density at radius 1 is 0.857 bits per heavy atom. The van der Waals surface area contributed by atoms with Gasteiger partial charge in [-0.3, -0.25) is 0 Å². The molecule has 28 heavy (non-hydrogen) atoms. The van der Waals surface area contributed by atoms with E-state index >= 15 is 0 Å². The zero-order chi connectivity index (χ0) is 18.9. The summed E-state index contributed by atoms with van der Waals surface area (Å²) in [6, 6.07) is 23.8. The van der Waals surface area contributed by atoms with Crippen LogP contribution in [0.5, 0.6) is 0 Å². The Kier molecular flexibility index (Phi) is 4.93. The van der Waals surface area contributed by atoms with E-state index in [1.54, 1.807) is 0 Å². The minimum absolute atomic E-state index is 1.06. The van der Waals surface area contributed by atoms with Gasteiger partial charge in [0.1, 0.15) is 0 Å². The van der Waals surface area contributed by atoms with Crippen molar-refractivity contribution in [2.45, 2.75) is 27.5 Å². The van der Waals surface area contributed by atoms with E-state index in [2.05, 4.69) is 82.9 Å². The minimum Gasteiger partial charge on any atom is -0.354 e. The van der Waals surface area contributed by atoms with Gasteiger partial charge < -0.3 is 5.32 Å². The molecule has 0 radical (unpaired) electrons. The van der Waals surface area contributed by atoms with Crippen LogP contribution in [0.4, 0.5) is 11.4 Å². The molecule has 2 aliphatic rings. The summed E-state index contributed by atoms with van der Waals surface area (Å²) in [5.74, 6) is 0. The standard InChI is InChI=1S/C24H22N2S2/c1-17(18-8-11-20(12-9-18)28-26-14-4-5-15-26)19-10-13-24-22(16-19)25-21-6-2-3-7-23(21)27-24/h2-3,6-13,16,25H,1,4-5,14-15H2. The maximum absolute atomic E-state index is 4.37. The number of anilines is 2. The molecule has 140 valence electrons. The molecular weight excluding hydrogens is 380 g/mol. The van der Waals surface area contributed by atoms with E-state index in [0.717, 1.165) is 16.8 Å². The molecule has 0 spiro atoms. The summed E-state index contributed by atoms with van der Waals surface area (Å²) in [6.45, 7) is 6.76. The van der Waals surface area contributed by atoms with Crippen LogP contribution in [0.3, 0.4) is 0 Å². The SMILES string of the molecule is C=C(c1ccc(SN2CCCC2)cc1)c1ccc2c(c1)Nc1ccccc1S2. The van der Waals surface area contributed by atoms with Crippen LogP contribution < -0.4 is 5.32 Å². The van der Waals surface area contributed by atoms with Gasteiger partial charge in [-0.15, -0.1) is 0 Å². The van der Waals surface area contributed by atoms with Crippen LogP contribution in [0.2, 0.25) is 0 Å². The van der Waals surface area contributed by atoms with Crippen molar-refractivity contribution >= 4 is 40.7 Å². The Labute approximate surface area is 175 Å². The molecule has 4 heteroatoms. The number of rotatable bonds is 4. The molecule has 2 aliphatic heterocycles. The number of benzene rings is 3. The Morgan fingerprint density at radius 3 is 2.39 bits per heavy atom. The Morgan fingerprint density at radius 2 is 1.57 bits per heavy atom. The second-order valence-electron chi connectivity index (χ2n) is 7.16. The van der Waals surface area contributed by atoms with Crippen molar-refractivity contribution in [3.63, 3.8) is 0 Å². The predicted molar refractivity (Wildman–Crippen MR) is 122 cm³/mol. The molecule has 0 saturated carbocycles. The highest BCUT2D eigenvalue weighted by molar-refractivity contribution is 7.99. The highest BCUT2D eigenvalue weighted by Gasteiger charge is 2.16. The lowest BCUT2D eigenvalue weighted by Gasteiger charge is -2.21. The first-order chi connectivity index (χ1) is 13.8. The van der Waals surface area contributed by atoms with Crippen LogP contribution in [0.1, 0.15) is 24.0 Å². The maximum Gasteiger partial charge on any atom is 0.0532 e. The summed E-state index contributed by atoms with van der Waals surface area (Å²) in [5, 5.41) is 3.57. The van der Waals surface area contributed by atoms with Gasteiger partial charge in [-0.1, -0.05) is 48.7 Å². The molecule has 2 heterocycles. The van der Waals surface area contributed by atoms with Gasteiger partial charge in [-0.25, -0.2) is 4.31 Å². The summed E-state index contributed by atoms with van der Waals surface area (Å²) in [5.41, 5.74) is 5.72. The number of hydrogen-bond acceptors (Lipinski definition) is 4. The van der Waals surface area contributed by atoms with Crippen molar-refractivity contribution < 1.29 is 0 Å². The van der Waals surface area contributed by atoms with Gasteiger partial charge in [0.2, 0.25) is 0 Å². The average Bonchev–Trinajstić information content (AvgIpc) is 3.25. The van der Waals surface area contributed by atoms with Gasteiger partial charge in [0.05, 0.1) is 11.4 Å². The van der Waals surface area contributed by atoms with Crippen LogP contribution >= 0.6 is 23.7 Å². The van der Waals surface area contributed by atoms with Gasteiger partial charge in [-0.05, 0) is 77.9 Å². The summed E-state index contributed by atoms with van der Waals surface area (Å²) >= 11 is 3.69. The number of hydrogen-bond donors (Lipinski definition) is 1. The van der Waals surface area contributed by atoms with Crippen molar-refractivity contribution in [1.82, 2.24) is 4.31 Å². The quantitative estimate of drug-likeness (QED) is 0.367. The second-order valence-corrected chi connectivity index (χ2v) is 9.42. The van der Waals surface area contributed by atoms with Crippen molar-refractivity contribution in [3.05, 3.63) is 84.4 Å². The minimum atomic E-state index is 1.06. The third kappa shape index (κ3) is 3.60. The Bertz CT molecular complexity index is 1020. The zero-order valence-corrected chi connectivity index (χ0v) is 17.3. The van der Waals surface area contributed by atoms with Gasteiger partial charge in [0, 0.05) is 27.8 Å². The fraction of sp³-hybridized carbons (Fsp3) is 0.167. The number of nitrogens with zero attached hydrogens (tertiary/aromatic N) is 1. The normalized spacial score (nSPS) is 15.6. The maximum atomic E-state index is 4.37. The van der Waals surface area contributed by atoms with Gasteiger partial charge >= 0.3 is 0 Å². The molecule has 1 saturated heterocycles. The smallest absolute Gasteiger partial charge is 0.0532 e. The molecule has 1 N–H and O–H groups in total. The molecule has 0 unspecified atom stereocenters. The fourth-order valence-electron chi connectivity index (χ4n) is 3.64. The molecule has 0 aliphatic carbocycles. The monoisotopic (exact) mass is 402 g/mol. The van der Waals surface area contributed by atoms with E-state index in [1.165, 1.54) is 51.9 Å². The van der Waals surface area contributed by atoms with Gasteiger partial charge in [0.15, 0.2) is 0 Å². The first-order valence-electron chi connectivity index (χ1n) is 9.67. The second kappa shape index (κ2) is 7.70. The third-order valence-corrected chi connectivity index (χ3v) is 7.46. The third-order valence-electron chi connectivity index (χ3n) is 5.21. The van der Waals surface area contributed by atoms with Crippen molar-refractivity contribution in [3.8, 4) is 0 Å². The number of nitrogens with one attached hydrogen (secondary N) is 1. The molecule has 0 aromatic heterocycles. The fourth-order valence-corrected chi connectivity index (χ4v) is 5.60. The van der Waals surface area contributed by atoms with Gasteiger partial charge in [0.25, 0.3) is 0 Å². The molecule has 0 amide bonds. The van der Waals surface area contributed by atoms with E-state index in [0.29, 0.717) is 0 Å². The lowest BCUT2D eigenvalue weighted by molar-refractivity contribution is 0.586. The van der Waals surface area contributed by atoms with Crippen molar-refractivity contribution in [2.24, 2.45) is 0 Å². The summed E-state index contributed by atoms with van der Waals surface area (Å²) in [6.07, 6.45) is 2.63. The lowest BCUT2D eigenvalue weighted by Crippen LogP contribution is -2.08. The van der Waals surface area contributed by atoms with Crippen LogP contribution in [0, 0.1) is 0 Å². The van der Waals surface area contributed by atoms with E-state index < -0.39 is 0 Å². The van der Waals surface area contributed by atoms with Crippen LogP contribution in [0.15, 0.2) is 88.0 Å². The highest BCUT2D eigenvalue weighted by Crippen LogP contribution is 2.45. The molecule has 2 nitrogen and oxygen atoms in total. The van der Waals surface area contributed by atoms with Crippen molar-refractivity contribution in [2.75, 3.05) is 18.4 Å². The summed E-state index contributed by atoms with van der Waals surface area (Å²) in [4.78, 5) is 3.83. The number of fused-ring (bicyclic) bond motifs is 2. The van der Waals surface area contributed by atoms with Crippen molar-refractivity contribution in [1.29, 1.82) is 0 Å². The first-order valence-corrected chi connectivity index (χ1v) is 11.3. The van der Waals surface area contributed by atoms with Gasteiger partial charge in [-0.2, -0.15) is 0 Å². The highest BCUT2D eigenvalue weighted by atomic mass is 32.2. The topological polar surface area (TPSA) is 15.3 Å². The number of para-hydroxylation sites is 1. The average molecular weight is 403 g/mol. The predicted octanol–water partition coefficient (Wildman–Crippen LogP) is 7.06.